The van der Waals surface area contributed by atoms with Crippen molar-refractivity contribution in [3.63, 3.8) is 0 Å². The van der Waals surface area contributed by atoms with E-state index in [1.54, 1.807) is 0 Å². The molecule has 0 aromatic carbocycles. The molecule has 0 fully saturated rings. The van der Waals surface area contributed by atoms with Gasteiger partial charge in [0.15, 0.2) is 0 Å². The van der Waals surface area contributed by atoms with Gasteiger partial charge in [0.1, 0.15) is 0 Å². The topological polar surface area (TPSA) is 0 Å². The van der Waals surface area contributed by atoms with E-state index < -0.39 is 0 Å². The van der Waals surface area contributed by atoms with Gasteiger partial charge in [-0.1, -0.05) is 42.0 Å². The van der Waals surface area contributed by atoms with Gasteiger partial charge >= 0.3 is 0 Å². The fraction of sp³-hybridized carbons (Fsp3) is 0.429. The summed E-state index contributed by atoms with van der Waals surface area (Å²) >= 11 is 0. The molecule has 0 atom stereocenters. The van der Waals surface area contributed by atoms with Crippen molar-refractivity contribution in [2.75, 3.05) is 0 Å². The van der Waals surface area contributed by atoms with E-state index in [0.29, 0.717) is 0 Å². The summed E-state index contributed by atoms with van der Waals surface area (Å²) in [5, 5.41) is 0. The summed E-state index contributed by atoms with van der Waals surface area (Å²) in [6.45, 7) is 3.71. The molecule has 0 N–H and O–H groups in total. The minimum absolute atomic E-state index is 1.09. The smallest absolute Gasteiger partial charge is 0.0247 e. The van der Waals surface area contributed by atoms with Gasteiger partial charge in [-0.2, -0.15) is 0 Å². The van der Waals surface area contributed by atoms with Crippen LogP contribution in [0.3, 0.4) is 0 Å². The highest BCUT2D eigenvalue weighted by Crippen LogP contribution is 2.13. The first-order valence-electron chi connectivity index (χ1n) is 5.55. The van der Waals surface area contributed by atoms with Crippen LogP contribution in [0.1, 0.15) is 38.5 Å². The molecule has 1 rings (SSSR count). The molecule has 0 saturated heterocycles. The van der Waals surface area contributed by atoms with Crippen LogP contribution < -0.4 is 0 Å². The van der Waals surface area contributed by atoms with Crippen LogP contribution in [0, 0.1) is 0 Å². The fourth-order valence-electron chi connectivity index (χ4n) is 1.55. The molecule has 76 valence electrons. The first-order valence-corrected chi connectivity index (χ1v) is 5.55. The van der Waals surface area contributed by atoms with Crippen LogP contribution in [0.4, 0.5) is 0 Å². The molecule has 0 aromatic rings. The molecule has 0 bridgehead atoms. The monoisotopic (exact) mass is 188 g/mol. The van der Waals surface area contributed by atoms with Gasteiger partial charge in [-0.25, -0.2) is 0 Å². The van der Waals surface area contributed by atoms with Gasteiger partial charge < -0.3 is 0 Å². The Morgan fingerprint density at radius 1 is 1.14 bits per heavy atom. The van der Waals surface area contributed by atoms with Gasteiger partial charge in [0.2, 0.25) is 0 Å². The molecule has 1 aliphatic rings. The van der Waals surface area contributed by atoms with Crippen LogP contribution in [0.5, 0.6) is 0 Å². The van der Waals surface area contributed by atoms with Crippen LogP contribution in [0.2, 0.25) is 0 Å². The van der Waals surface area contributed by atoms with Crippen LogP contribution >= 0.6 is 0 Å². The Morgan fingerprint density at radius 2 is 2.00 bits per heavy atom. The quantitative estimate of drug-likeness (QED) is 0.448. The second-order valence-electron chi connectivity index (χ2n) is 3.63. The summed E-state index contributed by atoms with van der Waals surface area (Å²) in [7, 11) is 0. The highest BCUT2D eigenvalue weighted by molar-refractivity contribution is 5.20. The van der Waals surface area contributed by atoms with Crippen molar-refractivity contribution in [3.05, 3.63) is 48.6 Å². The van der Waals surface area contributed by atoms with E-state index in [9.17, 15) is 0 Å². The maximum absolute atomic E-state index is 3.71. The van der Waals surface area contributed by atoms with Crippen molar-refractivity contribution in [1.29, 1.82) is 0 Å². The Hall–Kier alpha value is -1.04. The maximum atomic E-state index is 3.71. The molecule has 0 radical (unpaired) electrons. The summed E-state index contributed by atoms with van der Waals surface area (Å²) in [4.78, 5) is 0. The molecule has 0 heteroatoms. The molecule has 0 unspecified atom stereocenters. The SMILES string of the molecule is C=CCCC=CC1=CCCC=CCC1. The predicted molar refractivity (Wildman–Crippen MR) is 64.3 cm³/mol. The first kappa shape index (κ1) is 11.0. The number of hydrogen-bond acceptors (Lipinski definition) is 0. The predicted octanol–water partition coefficient (Wildman–Crippen LogP) is 4.57. The largest absolute Gasteiger partial charge is 0.103 e. The lowest BCUT2D eigenvalue weighted by Gasteiger charge is -2.03. The minimum Gasteiger partial charge on any atom is -0.103 e. The fourth-order valence-corrected chi connectivity index (χ4v) is 1.55. The molecule has 1 aliphatic carbocycles. The van der Waals surface area contributed by atoms with Crippen LogP contribution in [-0.4, -0.2) is 0 Å². The molecule has 0 nitrogen and oxygen atoms in total. The molecule has 0 spiro atoms. The third kappa shape index (κ3) is 4.86. The molecule has 14 heavy (non-hydrogen) atoms. The summed E-state index contributed by atoms with van der Waals surface area (Å²) < 4.78 is 0. The zero-order chi connectivity index (χ0) is 10.1. The standard InChI is InChI=1S/C14H20/c1-2-3-4-8-11-14-12-9-6-5-7-10-13-14/h2,5-6,8,11,13H,1,3-4,7,9-10,12H2. The Bertz CT molecular complexity index is 241. The molecule has 0 amide bonds. The van der Waals surface area contributed by atoms with E-state index in [-0.39, 0.29) is 0 Å². The number of allylic oxidation sites excluding steroid dienone is 7. The van der Waals surface area contributed by atoms with Crippen LogP contribution in [0.15, 0.2) is 48.6 Å². The summed E-state index contributed by atoms with van der Waals surface area (Å²) in [5.41, 5.74) is 1.50. The minimum atomic E-state index is 1.09. The molecular formula is C14H20. The third-order valence-corrected chi connectivity index (χ3v) is 2.38. The van der Waals surface area contributed by atoms with Crippen molar-refractivity contribution in [2.45, 2.75) is 38.5 Å². The second-order valence-corrected chi connectivity index (χ2v) is 3.63. The average Bonchev–Trinajstić information content (AvgIpc) is 2.15. The van der Waals surface area contributed by atoms with E-state index in [1.165, 1.54) is 31.3 Å². The van der Waals surface area contributed by atoms with Crippen molar-refractivity contribution in [2.24, 2.45) is 0 Å². The van der Waals surface area contributed by atoms with E-state index in [1.807, 2.05) is 6.08 Å². The molecule has 0 heterocycles. The molecular weight excluding hydrogens is 168 g/mol. The van der Waals surface area contributed by atoms with Gasteiger partial charge in [-0.05, 0) is 38.5 Å². The third-order valence-electron chi connectivity index (χ3n) is 2.38. The molecule has 0 aliphatic heterocycles. The maximum Gasteiger partial charge on any atom is -0.0247 e. The van der Waals surface area contributed by atoms with Crippen LogP contribution in [-0.2, 0) is 0 Å². The lowest BCUT2D eigenvalue weighted by atomic mass is 10.0. The van der Waals surface area contributed by atoms with E-state index in [0.717, 1.165) is 12.8 Å². The zero-order valence-electron chi connectivity index (χ0n) is 8.91. The molecule has 0 saturated carbocycles. The van der Waals surface area contributed by atoms with Crippen molar-refractivity contribution in [1.82, 2.24) is 0 Å². The van der Waals surface area contributed by atoms with Gasteiger partial charge in [0, 0.05) is 0 Å². The highest BCUT2D eigenvalue weighted by atomic mass is 14.0. The zero-order valence-corrected chi connectivity index (χ0v) is 8.91. The van der Waals surface area contributed by atoms with E-state index in [4.69, 9.17) is 0 Å². The van der Waals surface area contributed by atoms with E-state index in [2.05, 4.69) is 37.0 Å². The summed E-state index contributed by atoms with van der Waals surface area (Å²) in [6, 6.07) is 0. The first-order chi connectivity index (χ1) is 6.93. The van der Waals surface area contributed by atoms with E-state index >= 15 is 0 Å². The Labute approximate surface area is 87.7 Å². The van der Waals surface area contributed by atoms with Crippen molar-refractivity contribution < 1.29 is 0 Å². The normalized spacial score (nSPS) is 17.6. The number of rotatable bonds is 4. The number of unbranched alkanes of at least 4 members (excludes halogenated alkanes) is 1. The van der Waals surface area contributed by atoms with Crippen molar-refractivity contribution >= 4 is 0 Å². The summed E-state index contributed by atoms with van der Waals surface area (Å²) in [5.74, 6) is 0. The van der Waals surface area contributed by atoms with Gasteiger partial charge in [0.25, 0.3) is 0 Å². The lowest BCUT2D eigenvalue weighted by Crippen LogP contribution is -1.82. The average molecular weight is 188 g/mol. The second kappa shape index (κ2) is 7.37. The Kier molecular flexibility index (Phi) is 5.81. The van der Waals surface area contributed by atoms with Gasteiger partial charge in [-0.15, -0.1) is 6.58 Å². The highest BCUT2D eigenvalue weighted by Gasteiger charge is 1.93. The number of hydrogen-bond donors (Lipinski definition) is 0. The van der Waals surface area contributed by atoms with Crippen molar-refractivity contribution in [3.8, 4) is 0 Å². The van der Waals surface area contributed by atoms with Gasteiger partial charge in [0.05, 0.1) is 0 Å². The lowest BCUT2D eigenvalue weighted by molar-refractivity contribution is 0.928. The summed E-state index contributed by atoms with van der Waals surface area (Å²) in [6.07, 6.45) is 20.5. The Balaban J connectivity index is 2.33. The van der Waals surface area contributed by atoms with Crippen LogP contribution in [0.25, 0.3) is 0 Å². The van der Waals surface area contributed by atoms with Gasteiger partial charge in [-0.3, -0.25) is 0 Å². The Morgan fingerprint density at radius 3 is 2.86 bits per heavy atom. The molecule has 0 aromatic heterocycles.